The van der Waals surface area contributed by atoms with Crippen molar-refractivity contribution in [3.05, 3.63) is 77.6 Å². The maximum atomic E-state index is 13.1. The van der Waals surface area contributed by atoms with Crippen LogP contribution in [0.2, 0.25) is 0 Å². The lowest BCUT2D eigenvalue weighted by molar-refractivity contribution is -0.119. The van der Waals surface area contributed by atoms with Crippen LogP contribution in [0.25, 0.3) is 33.5 Å². The van der Waals surface area contributed by atoms with Crippen molar-refractivity contribution in [3.8, 4) is 22.5 Å². The van der Waals surface area contributed by atoms with Gasteiger partial charge in [0.2, 0.25) is 11.7 Å². The molecule has 1 aliphatic carbocycles. The lowest BCUT2D eigenvalue weighted by Gasteiger charge is -2.15. The molecule has 2 aromatic heterocycles. The second-order valence-electron chi connectivity index (χ2n) is 11.1. The molecule has 6 rings (SSSR count). The summed E-state index contributed by atoms with van der Waals surface area (Å²) in [7, 11) is 0. The first-order valence-electron chi connectivity index (χ1n) is 14.4. The molecule has 0 bridgehead atoms. The zero-order valence-corrected chi connectivity index (χ0v) is 24.4. The van der Waals surface area contributed by atoms with Gasteiger partial charge in [0.1, 0.15) is 5.82 Å². The summed E-state index contributed by atoms with van der Waals surface area (Å²) >= 11 is 4.47. The molecule has 41 heavy (non-hydrogen) atoms. The van der Waals surface area contributed by atoms with Crippen molar-refractivity contribution in [2.45, 2.75) is 52.5 Å². The summed E-state index contributed by atoms with van der Waals surface area (Å²) in [6, 6.07) is 20.8. The molecule has 2 heterocycles. The molecule has 0 aliphatic heterocycles. The van der Waals surface area contributed by atoms with Gasteiger partial charge in [0.25, 0.3) is 0 Å². The van der Waals surface area contributed by atoms with Crippen LogP contribution in [0.3, 0.4) is 0 Å². The summed E-state index contributed by atoms with van der Waals surface area (Å²) in [4.78, 5) is 18.1. The summed E-state index contributed by atoms with van der Waals surface area (Å²) in [5, 5.41) is 17.8. The monoisotopic (exact) mass is 565 g/mol. The molecule has 0 saturated heterocycles. The molecule has 1 aliphatic rings. The maximum absolute atomic E-state index is 13.1. The number of tetrazole rings is 1. The van der Waals surface area contributed by atoms with E-state index in [2.05, 4.69) is 93.4 Å². The van der Waals surface area contributed by atoms with Crippen LogP contribution in [0, 0.1) is 18.8 Å². The Labute approximate surface area is 245 Å². The summed E-state index contributed by atoms with van der Waals surface area (Å²) in [6.07, 6.45) is 5.27. The number of carbonyl (C=O) groups is 1. The minimum Gasteiger partial charge on any atom is -0.326 e. The van der Waals surface area contributed by atoms with Gasteiger partial charge in [-0.25, -0.2) is 4.98 Å². The number of hydrogen-bond donors (Lipinski definition) is 3. The van der Waals surface area contributed by atoms with Crippen molar-refractivity contribution in [3.63, 3.8) is 0 Å². The number of aryl methyl sites for hydroxylation is 2. The Morgan fingerprint density at radius 2 is 1.90 bits per heavy atom. The topological polar surface area (TPSA) is 101 Å². The second kappa shape index (κ2) is 11.9. The number of imidazole rings is 1. The van der Waals surface area contributed by atoms with Gasteiger partial charge in [-0.05, 0) is 65.3 Å². The standard InChI is InChI=1S/C32H35N7OS/c1-3-6-29-34-30-20(2)15-25(33-32(40)24(19-41)16-21-9-10-21)17-28(30)39(29)18-22-11-13-23(14-12-22)26-7-4-5-8-27(26)31-35-37-38-36-31/h4-5,7-8,11-15,17,21,24,41H,3,6,9-10,16,18-19H2,1-2H3,(H,33,40)(H,35,36,37,38). The van der Waals surface area contributed by atoms with E-state index >= 15 is 0 Å². The number of aromatic amines is 1. The highest BCUT2D eigenvalue weighted by atomic mass is 32.1. The summed E-state index contributed by atoms with van der Waals surface area (Å²) in [6.45, 7) is 4.94. The Kier molecular flexibility index (Phi) is 7.87. The molecule has 3 aromatic carbocycles. The number of thiol groups is 1. The third-order valence-corrected chi connectivity index (χ3v) is 8.33. The van der Waals surface area contributed by atoms with E-state index in [0.29, 0.717) is 24.0 Å². The zero-order valence-electron chi connectivity index (χ0n) is 23.5. The molecule has 8 nitrogen and oxygen atoms in total. The van der Waals surface area contributed by atoms with Gasteiger partial charge in [0.05, 0.1) is 11.0 Å². The van der Waals surface area contributed by atoms with Gasteiger partial charge in [-0.2, -0.15) is 17.8 Å². The van der Waals surface area contributed by atoms with Crippen LogP contribution in [-0.4, -0.2) is 41.8 Å². The number of H-pyrrole nitrogens is 1. The van der Waals surface area contributed by atoms with Crippen LogP contribution >= 0.6 is 12.6 Å². The van der Waals surface area contributed by atoms with E-state index in [9.17, 15) is 4.79 Å². The Morgan fingerprint density at radius 3 is 2.59 bits per heavy atom. The number of hydrogen-bond acceptors (Lipinski definition) is 6. The minimum atomic E-state index is -0.0638. The number of fused-ring (bicyclic) bond motifs is 1. The average Bonchev–Trinajstić information content (AvgIpc) is 3.51. The van der Waals surface area contributed by atoms with Crippen LogP contribution in [0.15, 0.2) is 60.7 Å². The smallest absolute Gasteiger partial charge is 0.228 e. The van der Waals surface area contributed by atoms with Crippen molar-refractivity contribution in [2.75, 3.05) is 11.1 Å². The van der Waals surface area contributed by atoms with Gasteiger partial charge in [-0.3, -0.25) is 4.79 Å². The molecule has 9 heteroatoms. The number of amides is 1. The highest BCUT2D eigenvalue weighted by Crippen LogP contribution is 2.36. The zero-order chi connectivity index (χ0) is 28.3. The Bertz CT molecular complexity index is 1660. The number of benzene rings is 3. The number of nitrogens with zero attached hydrogens (tertiary/aromatic N) is 5. The molecular weight excluding hydrogens is 530 g/mol. The van der Waals surface area contributed by atoms with E-state index in [4.69, 9.17) is 4.98 Å². The molecule has 1 amide bonds. The van der Waals surface area contributed by atoms with Crippen molar-refractivity contribution in [1.82, 2.24) is 30.2 Å². The molecule has 5 aromatic rings. The Morgan fingerprint density at radius 1 is 1.12 bits per heavy atom. The molecule has 1 atom stereocenters. The number of rotatable bonds is 11. The van der Waals surface area contributed by atoms with E-state index in [1.165, 1.54) is 18.4 Å². The van der Waals surface area contributed by atoms with Crippen LogP contribution in [0.1, 0.15) is 49.6 Å². The number of anilines is 1. The molecule has 0 radical (unpaired) electrons. The predicted octanol–water partition coefficient (Wildman–Crippen LogP) is 6.48. The first-order chi connectivity index (χ1) is 20.0. The minimum absolute atomic E-state index is 0.0576. The molecule has 1 fully saturated rings. The van der Waals surface area contributed by atoms with Gasteiger partial charge in [0, 0.05) is 35.9 Å². The number of nitrogens with one attached hydrogen (secondary N) is 2. The van der Waals surface area contributed by atoms with Gasteiger partial charge in [-0.1, -0.05) is 68.3 Å². The van der Waals surface area contributed by atoms with Gasteiger partial charge in [-0.15, -0.1) is 10.2 Å². The summed E-state index contributed by atoms with van der Waals surface area (Å²) in [5.41, 5.74) is 8.16. The van der Waals surface area contributed by atoms with Crippen molar-refractivity contribution in [1.29, 1.82) is 0 Å². The first-order valence-corrected chi connectivity index (χ1v) is 15.0. The Balaban J connectivity index is 1.29. The van der Waals surface area contributed by atoms with Crippen molar-refractivity contribution in [2.24, 2.45) is 11.8 Å². The number of aromatic nitrogens is 6. The molecular formula is C32H35N7OS. The van der Waals surface area contributed by atoms with E-state index in [-0.39, 0.29) is 11.8 Å². The normalized spacial score (nSPS) is 13.9. The highest BCUT2D eigenvalue weighted by molar-refractivity contribution is 7.80. The first kappa shape index (κ1) is 27.2. The third kappa shape index (κ3) is 5.91. The SMILES string of the molecule is CCCc1nc2c(C)cc(NC(=O)C(CS)CC3CC3)cc2n1Cc1ccc(-c2ccccc2-c2nn[nH]n2)cc1. The fourth-order valence-corrected chi connectivity index (χ4v) is 5.86. The average molecular weight is 566 g/mol. The van der Waals surface area contributed by atoms with Crippen molar-refractivity contribution >= 4 is 35.3 Å². The fourth-order valence-electron chi connectivity index (χ4n) is 5.55. The van der Waals surface area contributed by atoms with E-state index < -0.39 is 0 Å². The maximum Gasteiger partial charge on any atom is 0.228 e. The third-order valence-electron chi connectivity index (χ3n) is 7.89. The summed E-state index contributed by atoms with van der Waals surface area (Å²) < 4.78 is 2.30. The van der Waals surface area contributed by atoms with Gasteiger partial charge in [0.15, 0.2) is 0 Å². The molecule has 1 unspecified atom stereocenters. The van der Waals surface area contributed by atoms with Crippen LogP contribution in [0.5, 0.6) is 0 Å². The molecule has 1 saturated carbocycles. The van der Waals surface area contributed by atoms with Gasteiger partial charge >= 0.3 is 0 Å². The second-order valence-corrected chi connectivity index (χ2v) is 11.4. The molecule has 0 spiro atoms. The van der Waals surface area contributed by atoms with Crippen LogP contribution in [-0.2, 0) is 17.8 Å². The van der Waals surface area contributed by atoms with Crippen LogP contribution in [0.4, 0.5) is 5.69 Å². The molecule has 2 N–H and O–H groups in total. The van der Waals surface area contributed by atoms with Crippen molar-refractivity contribution < 1.29 is 4.79 Å². The van der Waals surface area contributed by atoms with Gasteiger partial charge < -0.3 is 9.88 Å². The van der Waals surface area contributed by atoms with E-state index in [0.717, 1.165) is 64.1 Å². The largest absolute Gasteiger partial charge is 0.326 e. The van der Waals surface area contributed by atoms with E-state index in [1.54, 1.807) is 0 Å². The predicted molar refractivity (Wildman–Crippen MR) is 166 cm³/mol. The number of carbonyl (C=O) groups excluding carboxylic acids is 1. The summed E-state index contributed by atoms with van der Waals surface area (Å²) in [5.74, 6) is 2.87. The quantitative estimate of drug-likeness (QED) is 0.159. The van der Waals surface area contributed by atoms with E-state index in [1.807, 2.05) is 24.3 Å². The lowest BCUT2D eigenvalue weighted by Crippen LogP contribution is -2.24. The van der Waals surface area contributed by atoms with Crippen LogP contribution < -0.4 is 5.32 Å². The Hall–Kier alpha value is -3.98. The lowest BCUT2D eigenvalue weighted by atomic mass is 9.98. The fraction of sp³-hybridized carbons (Fsp3) is 0.344. The molecule has 210 valence electrons. The highest BCUT2D eigenvalue weighted by Gasteiger charge is 2.28.